The van der Waals surface area contributed by atoms with Gasteiger partial charge in [-0.2, -0.15) is 31.4 Å². The lowest BCUT2D eigenvalue weighted by molar-refractivity contribution is -0.185. The van der Waals surface area contributed by atoms with Gasteiger partial charge in [0.05, 0.1) is 24.2 Å². The maximum Gasteiger partial charge on any atom is 0.422 e. The molecule has 0 spiro atoms. The molecule has 3 aromatic rings. The largest absolute Gasteiger partial charge is 0.440 e. The second-order valence-corrected chi connectivity index (χ2v) is 11.3. The number of benzene rings is 1. The second-order valence-electron chi connectivity index (χ2n) is 11.3. The van der Waals surface area contributed by atoms with E-state index in [1.807, 2.05) is 4.90 Å². The van der Waals surface area contributed by atoms with Gasteiger partial charge in [0.25, 0.3) is 5.91 Å². The van der Waals surface area contributed by atoms with E-state index in [1.54, 1.807) is 31.2 Å². The normalized spacial score (nSPS) is 20.1. The number of nitrogens with one attached hydrogen (secondary N) is 1. The van der Waals surface area contributed by atoms with Gasteiger partial charge in [-0.15, -0.1) is 0 Å². The van der Waals surface area contributed by atoms with E-state index in [2.05, 4.69) is 20.1 Å². The number of likely N-dealkylation sites (tertiary alicyclic amines) is 2. The van der Waals surface area contributed by atoms with Crippen LogP contribution in [0.4, 0.5) is 41.3 Å². The molecule has 1 aromatic carbocycles. The number of alkyl halides is 7. The number of anilines is 1. The van der Waals surface area contributed by atoms with Gasteiger partial charge in [0.2, 0.25) is 0 Å². The first-order chi connectivity index (χ1) is 21.1. The van der Waals surface area contributed by atoms with Gasteiger partial charge in [-0.1, -0.05) is 12.1 Å². The number of nitrogens with zero attached hydrogens (tertiary/aromatic N) is 5. The summed E-state index contributed by atoms with van der Waals surface area (Å²) in [4.78, 5) is 32.0. The van der Waals surface area contributed by atoms with Gasteiger partial charge in [-0.25, -0.2) is 18.7 Å². The fourth-order valence-corrected chi connectivity index (χ4v) is 5.69. The van der Waals surface area contributed by atoms with Crippen LogP contribution in [-0.2, 0) is 11.3 Å². The Morgan fingerprint density at radius 2 is 1.80 bits per heavy atom. The van der Waals surface area contributed by atoms with E-state index in [0.29, 0.717) is 34.4 Å². The highest BCUT2D eigenvalue weighted by Crippen LogP contribution is 2.36. The molecule has 244 valence electrons. The SMILES string of the molecule is Cc1ccc(-c2cc(CN3CCC(C(F)(F)F)CC3)c3c(N)ncnn23)cc1C(=O)N[C@@H]1CN(C(=O)OCC(F)(F)F)C[C@@H]1F. The van der Waals surface area contributed by atoms with Crippen LogP contribution in [0, 0.1) is 12.8 Å². The second kappa shape index (κ2) is 12.3. The van der Waals surface area contributed by atoms with E-state index in [0.717, 1.165) is 4.90 Å². The van der Waals surface area contributed by atoms with E-state index in [9.17, 15) is 40.3 Å². The van der Waals surface area contributed by atoms with Crippen molar-refractivity contribution in [1.82, 2.24) is 29.7 Å². The number of amides is 2. The number of nitrogens with two attached hydrogens (primary N) is 1. The Morgan fingerprint density at radius 3 is 2.47 bits per heavy atom. The summed E-state index contributed by atoms with van der Waals surface area (Å²) in [5.41, 5.74) is 9.10. The summed E-state index contributed by atoms with van der Waals surface area (Å²) in [6, 6.07) is 5.55. The van der Waals surface area contributed by atoms with Crippen molar-refractivity contribution in [3.05, 3.63) is 47.3 Å². The van der Waals surface area contributed by atoms with Gasteiger partial charge < -0.3 is 20.7 Å². The number of carbonyl (C=O) groups is 2. The van der Waals surface area contributed by atoms with Crippen molar-refractivity contribution in [3.8, 4) is 11.3 Å². The van der Waals surface area contributed by atoms with Gasteiger partial charge in [-0.05, 0) is 56.1 Å². The number of rotatable bonds is 6. The number of hydrogen-bond donors (Lipinski definition) is 2. The first kappa shape index (κ1) is 32.2. The maximum absolute atomic E-state index is 14.7. The van der Waals surface area contributed by atoms with Gasteiger partial charge in [-0.3, -0.25) is 9.69 Å². The van der Waals surface area contributed by atoms with Crippen LogP contribution in [0.25, 0.3) is 16.8 Å². The fraction of sp³-hybridized carbons (Fsp3) is 0.500. The van der Waals surface area contributed by atoms with Crippen molar-refractivity contribution in [2.45, 2.75) is 50.9 Å². The lowest BCUT2D eigenvalue weighted by Gasteiger charge is -2.32. The molecule has 4 heterocycles. The highest BCUT2D eigenvalue weighted by Gasteiger charge is 2.41. The number of aromatic nitrogens is 3. The lowest BCUT2D eigenvalue weighted by atomic mass is 9.96. The fourth-order valence-electron chi connectivity index (χ4n) is 5.69. The molecule has 2 saturated heterocycles. The quantitative estimate of drug-likeness (QED) is 0.379. The average molecular weight is 646 g/mol. The molecule has 2 aliphatic rings. The Hall–Kier alpha value is -4.15. The standard InChI is InChI=1S/C28H30F7N7O3/c1-15-2-3-16(8-19(15)25(43)39-21-12-41(11-20(21)29)26(44)45-13-27(30,31)32)22-9-17(23-24(36)37-14-38-42(22)23)10-40-6-4-18(5-7-40)28(33,34)35/h2-3,8-9,14,18,20-21H,4-7,10-13H2,1H3,(H,39,43)(H2,36,37,38)/t20-,21+/m0/s1. The molecule has 17 heteroatoms. The van der Waals surface area contributed by atoms with Crippen LogP contribution in [0.1, 0.15) is 34.3 Å². The topological polar surface area (TPSA) is 118 Å². The van der Waals surface area contributed by atoms with Crippen molar-refractivity contribution in [2.24, 2.45) is 5.92 Å². The molecule has 3 N–H and O–H groups in total. The third-order valence-electron chi connectivity index (χ3n) is 8.07. The number of nitrogen functional groups attached to an aromatic ring is 1. The molecule has 0 bridgehead atoms. The highest BCUT2D eigenvalue weighted by atomic mass is 19.4. The van der Waals surface area contributed by atoms with E-state index < -0.39 is 55.6 Å². The molecule has 0 aliphatic carbocycles. The number of piperidine rings is 1. The van der Waals surface area contributed by atoms with Crippen LogP contribution in [0.2, 0.25) is 0 Å². The Kier molecular flexibility index (Phi) is 8.83. The number of ether oxygens (including phenoxy) is 1. The first-order valence-electron chi connectivity index (χ1n) is 14.0. The molecule has 0 saturated carbocycles. The van der Waals surface area contributed by atoms with E-state index in [-0.39, 0.29) is 43.9 Å². The Balaban J connectivity index is 1.34. The summed E-state index contributed by atoms with van der Waals surface area (Å²) in [5.74, 6) is -1.85. The van der Waals surface area contributed by atoms with Crippen LogP contribution >= 0.6 is 0 Å². The Bertz CT molecular complexity index is 1570. The zero-order valence-corrected chi connectivity index (χ0v) is 24.0. The third kappa shape index (κ3) is 7.23. The molecule has 5 rings (SSSR count). The van der Waals surface area contributed by atoms with Gasteiger partial charge in [0.15, 0.2) is 12.4 Å². The molecule has 45 heavy (non-hydrogen) atoms. The van der Waals surface area contributed by atoms with Crippen molar-refractivity contribution in [2.75, 3.05) is 38.5 Å². The summed E-state index contributed by atoms with van der Waals surface area (Å²) >= 11 is 0. The Morgan fingerprint density at radius 1 is 1.09 bits per heavy atom. The van der Waals surface area contributed by atoms with Crippen molar-refractivity contribution >= 4 is 23.3 Å². The lowest BCUT2D eigenvalue weighted by Crippen LogP contribution is -2.42. The van der Waals surface area contributed by atoms with Crippen molar-refractivity contribution < 1.29 is 45.1 Å². The first-order valence-corrected chi connectivity index (χ1v) is 14.0. The zero-order valence-electron chi connectivity index (χ0n) is 24.0. The van der Waals surface area contributed by atoms with Crippen LogP contribution in [-0.4, -0.2) is 93.8 Å². The minimum absolute atomic E-state index is 0.0161. The summed E-state index contributed by atoms with van der Waals surface area (Å²) in [6.07, 6.45) is -10.8. The van der Waals surface area contributed by atoms with Crippen LogP contribution < -0.4 is 11.1 Å². The van der Waals surface area contributed by atoms with E-state index in [1.165, 1.54) is 10.8 Å². The molecule has 0 unspecified atom stereocenters. The molecule has 2 aliphatic heterocycles. The predicted molar refractivity (Wildman–Crippen MR) is 147 cm³/mol. The molecule has 2 amide bonds. The monoisotopic (exact) mass is 645 g/mol. The predicted octanol–water partition coefficient (Wildman–Crippen LogP) is 4.51. The molecule has 10 nitrogen and oxygen atoms in total. The summed E-state index contributed by atoms with van der Waals surface area (Å²) in [6.45, 7) is -0.299. The molecule has 2 fully saturated rings. The van der Waals surface area contributed by atoms with E-state index in [4.69, 9.17) is 5.73 Å². The van der Waals surface area contributed by atoms with Gasteiger partial charge >= 0.3 is 18.4 Å². The summed E-state index contributed by atoms with van der Waals surface area (Å²) < 4.78 is 97.1. The summed E-state index contributed by atoms with van der Waals surface area (Å²) in [5, 5.41) is 6.83. The van der Waals surface area contributed by atoms with Crippen LogP contribution in [0.5, 0.6) is 0 Å². The average Bonchev–Trinajstić information content (AvgIpc) is 3.52. The Labute approximate surface area is 252 Å². The number of fused-ring (bicyclic) bond motifs is 1. The molecular formula is C28H30F7N7O3. The smallest absolute Gasteiger partial charge is 0.422 e. The molecular weight excluding hydrogens is 615 g/mol. The molecule has 2 atom stereocenters. The van der Waals surface area contributed by atoms with E-state index >= 15 is 0 Å². The zero-order chi connectivity index (χ0) is 32.7. The number of halogens is 7. The van der Waals surface area contributed by atoms with Crippen LogP contribution in [0.3, 0.4) is 0 Å². The summed E-state index contributed by atoms with van der Waals surface area (Å²) in [7, 11) is 0. The third-order valence-corrected chi connectivity index (χ3v) is 8.07. The maximum atomic E-state index is 14.7. The number of aryl methyl sites for hydroxylation is 1. The van der Waals surface area contributed by atoms with Gasteiger partial charge in [0.1, 0.15) is 18.0 Å². The van der Waals surface area contributed by atoms with Crippen molar-refractivity contribution in [3.63, 3.8) is 0 Å². The van der Waals surface area contributed by atoms with Crippen LogP contribution in [0.15, 0.2) is 30.6 Å². The van der Waals surface area contributed by atoms with Crippen molar-refractivity contribution in [1.29, 1.82) is 0 Å². The molecule has 0 radical (unpaired) electrons. The minimum atomic E-state index is -4.74. The number of carbonyl (C=O) groups excluding carboxylic acids is 2. The number of hydrogen-bond acceptors (Lipinski definition) is 7. The highest BCUT2D eigenvalue weighted by molar-refractivity contribution is 5.97. The minimum Gasteiger partial charge on any atom is -0.440 e. The van der Waals surface area contributed by atoms with Gasteiger partial charge in [0, 0.05) is 24.2 Å². The molecule has 2 aromatic heterocycles.